The van der Waals surface area contributed by atoms with Gasteiger partial charge in [0.15, 0.2) is 0 Å². The number of hydrogen-bond acceptors (Lipinski definition) is 2. The van der Waals surface area contributed by atoms with E-state index in [1.807, 2.05) is 0 Å². The zero-order valence-corrected chi connectivity index (χ0v) is 14.4. The Morgan fingerprint density at radius 3 is 1.77 bits per heavy atom. The molecule has 0 spiro atoms. The predicted molar refractivity (Wildman–Crippen MR) is 90.8 cm³/mol. The molecule has 2 N–H and O–H groups in total. The number of rotatable bonds is 0. The molecule has 3 fully saturated rings. The predicted octanol–water partition coefficient (Wildman–Crippen LogP) is 4.96. The molecule has 3 saturated carbocycles. The van der Waals surface area contributed by atoms with Crippen LogP contribution < -0.4 is 0 Å². The Labute approximate surface area is 136 Å². The van der Waals surface area contributed by atoms with Crippen molar-refractivity contribution in [2.24, 2.45) is 10.8 Å². The Morgan fingerprint density at radius 2 is 1.14 bits per heavy atom. The van der Waals surface area contributed by atoms with Crippen molar-refractivity contribution in [2.75, 3.05) is 0 Å². The van der Waals surface area contributed by atoms with Crippen LogP contribution in [0.4, 0.5) is 0 Å². The van der Waals surface area contributed by atoms with Gasteiger partial charge >= 0.3 is 0 Å². The van der Waals surface area contributed by atoms with E-state index >= 15 is 0 Å². The summed E-state index contributed by atoms with van der Waals surface area (Å²) in [5.41, 5.74) is 0.312. The van der Waals surface area contributed by atoms with Crippen molar-refractivity contribution < 1.29 is 10.2 Å². The van der Waals surface area contributed by atoms with E-state index in [0.29, 0.717) is 0 Å². The zero-order chi connectivity index (χ0) is 15.5. The van der Waals surface area contributed by atoms with Gasteiger partial charge in [0, 0.05) is 5.41 Å². The van der Waals surface area contributed by atoms with Crippen LogP contribution >= 0.6 is 0 Å². The topological polar surface area (TPSA) is 40.5 Å². The van der Waals surface area contributed by atoms with Gasteiger partial charge in [-0.2, -0.15) is 0 Å². The standard InChI is InChI=1S/C20H36O2/c21-17-15-19-12-9-7-5-3-1-2-4-6-8-10-13-20(19,16-17)18(22)11-14-19/h17-18,21-22H,1-16H2/t17-,18+,19?,20?/m0/s1. The minimum absolute atomic E-state index is 0.0521. The molecule has 0 saturated heterocycles. The maximum Gasteiger partial charge on any atom is 0.0602 e. The monoisotopic (exact) mass is 308 g/mol. The molecule has 22 heavy (non-hydrogen) atoms. The molecule has 3 rings (SSSR count). The molecule has 2 nitrogen and oxygen atoms in total. The fraction of sp³-hybridized carbons (Fsp3) is 1.00. The average molecular weight is 309 g/mol. The molecule has 4 atom stereocenters. The summed E-state index contributed by atoms with van der Waals surface area (Å²) in [4.78, 5) is 0. The third-order valence-electron chi connectivity index (χ3n) is 7.34. The highest BCUT2D eigenvalue weighted by molar-refractivity contribution is 5.13. The van der Waals surface area contributed by atoms with Crippen molar-refractivity contribution in [3.05, 3.63) is 0 Å². The first-order valence-electron chi connectivity index (χ1n) is 10.0. The van der Waals surface area contributed by atoms with Gasteiger partial charge in [-0.05, 0) is 43.9 Å². The van der Waals surface area contributed by atoms with Crippen molar-refractivity contribution in [3.8, 4) is 0 Å². The Hall–Kier alpha value is -0.0800. The van der Waals surface area contributed by atoms with E-state index in [1.54, 1.807) is 0 Å². The first kappa shape index (κ1) is 16.8. The molecule has 2 heteroatoms. The van der Waals surface area contributed by atoms with Gasteiger partial charge in [-0.25, -0.2) is 0 Å². The lowest BCUT2D eigenvalue weighted by atomic mass is 9.62. The van der Waals surface area contributed by atoms with E-state index in [9.17, 15) is 10.2 Å². The lowest BCUT2D eigenvalue weighted by Gasteiger charge is -2.43. The van der Waals surface area contributed by atoms with Gasteiger partial charge in [0.2, 0.25) is 0 Å². The van der Waals surface area contributed by atoms with Crippen LogP contribution in [0, 0.1) is 10.8 Å². The molecule has 0 radical (unpaired) electrons. The summed E-state index contributed by atoms with van der Waals surface area (Å²) in [6, 6.07) is 0. The average Bonchev–Trinajstić information content (AvgIpc) is 2.91. The van der Waals surface area contributed by atoms with Gasteiger partial charge in [-0.15, -0.1) is 0 Å². The van der Waals surface area contributed by atoms with E-state index in [0.717, 1.165) is 32.1 Å². The molecular weight excluding hydrogens is 272 g/mol. The van der Waals surface area contributed by atoms with Gasteiger partial charge in [-0.3, -0.25) is 0 Å². The number of hydrogen-bond donors (Lipinski definition) is 2. The largest absolute Gasteiger partial charge is 0.393 e. The van der Waals surface area contributed by atoms with E-state index in [-0.39, 0.29) is 23.0 Å². The molecule has 3 aliphatic carbocycles. The Balaban J connectivity index is 1.73. The second-order valence-electron chi connectivity index (χ2n) is 8.59. The summed E-state index contributed by atoms with van der Waals surface area (Å²) >= 11 is 0. The van der Waals surface area contributed by atoms with Crippen LogP contribution in [0.15, 0.2) is 0 Å². The van der Waals surface area contributed by atoms with E-state index in [4.69, 9.17) is 0 Å². The highest BCUT2D eigenvalue weighted by atomic mass is 16.3. The minimum atomic E-state index is -0.161. The zero-order valence-electron chi connectivity index (χ0n) is 14.4. The third-order valence-corrected chi connectivity index (χ3v) is 7.34. The van der Waals surface area contributed by atoms with Crippen molar-refractivity contribution in [1.29, 1.82) is 0 Å². The maximum atomic E-state index is 10.8. The number of aliphatic hydroxyl groups excluding tert-OH is 2. The summed E-state index contributed by atoms with van der Waals surface area (Å²) in [7, 11) is 0. The maximum absolute atomic E-state index is 10.8. The molecule has 0 aromatic heterocycles. The summed E-state index contributed by atoms with van der Waals surface area (Å²) in [5.74, 6) is 0. The molecule has 0 aromatic carbocycles. The minimum Gasteiger partial charge on any atom is -0.393 e. The van der Waals surface area contributed by atoms with Gasteiger partial charge in [0.05, 0.1) is 12.2 Å². The van der Waals surface area contributed by atoms with E-state index < -0.39 is 0 Å². The molecule has 0 amide bonds. The molecule has 0 bridgehead atoms. The van der Waals surface area contributed by atoms with Crippen LogP contribution in [0.3, 0.4) is 0 Å². The first-order chi connectivity index (χ1) is 10.7. The lowest BCUT2D eigenvalue weighted by molar-refractivity contribution is -0.0211. The van der Waals surface area contributed by atoms with E-state index in [1.165, 1.54) is 70.6 Å². The van der Waals surface area contributed by atoms with Gasteiger partial charge in [0.25, 0.3) is 0 Å². The number of aliphatic hydroxyl groups is 2. The van der Waals surface area contributed by atoms with Crippen LogP contribution in [0.2, 0.25) is 0 Å². The SMILES string of the molecule is O[C@H]1CC23CCCCCCCCCCCCC2(C1)[C@H](O)CC3. The van der Waals surface area contributed by atoms with Crippen molar-refractivity contribution >= 4 is 0 Å². The fourth-order valence-electron chi connectivity index (χ4n) is 6.22. The molecule has 128 valence electrons. The van der Waals surface area contributed by atoms with Crippen LogP contribution in [0.25, 0.3) is 0 Å². The second kappa shape index (κ2) is 7.21. The summed E-state index contributed by atoms with van der Waals surface area (Å²) in [6.45, 7) is 0. The van der Waals surface area contributed by atoms with Crippen molar-refractivity contribution in [2.45, 2.75) is 115 Å². The van der Waals surface area contributed by atoms with Crippen LogP contribution in [0.1, 0.15) is 103 Å². The molecule has 0 aromatic rings. The quantitative estimate of drug-likeness (QED) is 0.664. The highest BCUT2D eigenvalue weighted by Crippen LogP contribution is 2.67. The van der Waals surface area contributed by atoms with Crippen LogP contribution in [-0.4, -0.2) is 22.4 Å². The Kier molecular flexibility index (Phi) is 5.50. The molecule has 0 aliphatic heterocycles. The first-order valence-corrected chi connectivity index (χ1v) is 10.0. The highest BCUT2D eigenvalue weighted by Gasteiger charge is 2.63. The summed E-state index contributed by atoms with van der Waals surface area (Å²) < 4.78 is 0. The van der Waals surface area contributed by atoms with Crippen molar-refractivity contribution in [1.82, 2.24) is 0 Å². The summed E-state index contributed by atoms with van der Waals surface area (Å²) in [6.07, 6.45) is 19.7. The normalized spacial score (nSPS) is 45.0. The van der Waals surface area contributed by atoms with Crippen molar-refractivity contribution in [3.63, 3.8) is 0 Å². The summed E-state index contributed by atoms with van der Waals surface area (Å²) in [5, 5.41) is 21.2. The smallest absolute Gasteiger partial charge is 0.0602 e. The van der Waals surface area contributed by atoms with Gasteiger partial charge < -0.3 is 10.2 Å². The van der Waals surface area contributed by atoms with E-state index in [2.05, 4.69) is 0 Å². The lowest BCUT2D eigenvalue weighted by Crippen LogP contribution is -2.40. The third kappa shape index (κ3) is 3.11. The Morgan fingerprint density at radius 1 is 0.591 bits per heavy atom. The van der Waals surface area contributed by atoms with Gasteiger partial charge in [-0.1, -0.05) is 64.2 Å². The molecule has 0 heterocycles. The van der Waals surface area contributed by atoms with Gasteiger partial charge in [0.1, 0.15) is 0 Å². The van der Waals surface area contributed by atoms with Crippen LogP contribution in [-0.2, 0) is 0 Å². The molecular formula is C20H36O2. The second-order valence-corrected chi connectivity index (χ2v) is 8.59. The fourth-order valence-corrected chi connectivity index (χ4v) is 6.22. The molecule has 2 unspecified atom stereocenters. The molecule has 3 aliphatic rings. The van der Waals surface area contributed by atoms with Crippen LogP contribution in [0.5, 0.6) is 0 Å². The Bertz CT molecular complexity index is 356.